The molecule has 24 heavy (non-hydrogen) atoms. The Morgan fingerprint density at radius 1 is 1.12 bits per heavy atom. The van der Waals surface area contributed by atoms with Crippen molar-refractivity contribution in [3.05, 3.63) is 48.0 Å². The first-order valence-electron chi connectivity index (χ1n) is 8.58. The fraction of sp³-hybridized carbons (Fsp3) is 0.444. The molecule has 126 valence electrons. The summed E-state index contributed by atoms with van der Waals surface area (Å²) in [5.41, 5.74) is 1.33. The Hall–Kier alpha value is -2.50. The van der Waals surface area contributed by atoms with Crippen LogP contribution in [0.2, 0.25) is 0 Å². The van der Waals surface area contributed by atoms with E-state index in [1.54, 1.807) is 24.7 Å². The van der Waals surface area contributed by atoms with Gasteiger partial charge in [-0.05, 0) is 30.5 Å². The highest BCUT2D eigenvalue weighted by Gasteiger charge is 2.14. The van der Waals surface area contributed by atoms with Crippen LogP contribution in [0, 0.1) is 0 Å². The summed E-state index contributed by atoms with van der Waals surface area (Å²) in [4.78, 5) is 24.9. The number of carbonyl (C=O) groups is 1. The molecule has 1 saturated carbocycles. The number of pyridine rings is 1. The van der Waals surface area contributed by atoms with Gasteiger partial charge in [0.05, 0.1) is 0 Å². The first-order valence-corrected chi connectivity index (χ1v) is 8.58. The van der Waals surface area contributed by atoms with Crippen LogP contribution in [0.25, 0.3) is 0 Å². The van der Waals surface area contributed by atoms with E-state index in [0.717, 1.165) is 18.4 Å². The van der Waals surface area contributed by atoms with Crippen LogP contribution in [-0.2, 0) is 6.54 Å². The molecule has 1 fully saturated rings. The smallest absolute Gasteiger partial charge is 0.270 e. The lowest BCUT2D eigenvalue weighted by Gasteiger charge is -2.16. The van der Waals surface area contributed by atoms with Gasteiger partial charge in [0.15, 0.2) is 0 Å². The monoisotopic (exact) mass is 325 g/mol. The van der Waals surface area contributed by atoms with Gasteiger partial charge in [-0.2, -0.15) is 0 Å². The van der Waals surface area contributed by atoms with Crippen LogP contribution in [0.5, 0.6) is 0 Å². The molecular formula is C18H23N5O. The second kappa shape index (κ2) is 8.38. The van der Waals surface area contributed by atoms with Crippen molar-refractivity contribution in [2.45, 2.75) is 51.1 Å². The van der Waals surface area contributed by atoms with Crippen molar-refractivity contribution in [3.63, 3.8) is 0 Å². The number of amides is 1. The highest BCUT2D eigenvalue weighted by molar-refractivity contribution is 5.92. The molecule has 3 rings (SSSR count). The maximum atomic E-state index is 12.3. The molecule has 1 aliphatic rings. The van der Waals surface area contributed by atoms with Crippen molar-refractivity contribution >= 4 is 11.9 Å². The molecule has 0 saturated heterocycles. The van der Waals surface area contributed by atoms with E-state index in [0.29, 0.717) is 24.2 Å². The van der Waals surface area contributed by atoms with E-state index in [4.69, 9.17) is 0 Å². The van der Waals surface area contributed by atoms with Gasteiger partial charge >= 0.3 is 0 Å². The number of hydrogen-bond donors (Lipinski definition) is 2. The molecule has 2 heterocycles. The number of nitrogens with one attached hydrogen (secondary N) is 2. The summed E-state index contributed by atoms with van der Waals surface area (Å²) < 4.78 is 0. The topological polar surface area (TPSA) is 79.8 Å². The first-order chi connectivity index (χ1) is 11.8. The van der Waals surface area contributed by atoms with Gasteiger partial charge in [0.2, 0.25) is 5.95 Å². The summed E-state index contributed by atoms with van der Waals surface area (Å²) in [6.45, 7) is 0.433. The van der Waals surface area contributed by atoms with E-state index < -0.39 is 0 Å². The van der Waals surface area contributed by atoms with Crippen molar-refractivity contribution in [2.75, 3.05) is 5.32 Å². The summed E-state index contributed by atoms with van der Waals surface area (Å²) in [7, 11) is 0. The fourth-order valence-corrected chi connectivity index (χ4v) is 2.94. The van der Waals surface area contributed by atoms with Crippen molar-refractivity contribution in [2.24, 2.45) is 0 Å². The number of anilines is 1. The van der Waals surface area contributed by atoms with Crippen molar-refractivity contribution in [1.82, 2.24) is 20.3 Å². The van der Waals surface area contributed by atoms with Gasteiger partial charge in [-0.3, -0.25) is 9.78 Å². The molecule has 6 nitrogen and oxygen atoms in total. The average molecular weight is 325 g/mol. The molecule has 6 heteroatoms. The number of nitrogens with zero attached hydrogens (tertiary/aromatic N) is 3. The lowest BCUT2D eigenvalue weighted by Crippen LogP contribution is -2.25. The standard InChI is InChI=1S/C18H23N5O/c24-17(21-13-14-6-5-10-19-12-14)16-9-11-20-18(23-16)22-15-7-3-1-2-4-8-15/h5-6,9-12,15H,1-4,7-8,13H2,(H,21,24)(H,20,22,23). The predicted molar refractivity (Wildman–Crippen MR) is 92.6 cm³/mol. The molecule has 0 atom stereocenters. The molecule has 1 amide bonds. The second-order valence-electron chi connectivity index (χ2n) is 6.14. The van der Waals surface area contributed by atoms with E-state index in [9.17, 15) is 4.79 Å². The number of rotatable bonds is 5. The van der Waals surface area contributed by atoms with E-state index in [2.05, 4.69) is 25.6 Å². The number of carbonyl (C=O) groups excluding carboxylic acids is 1. The molecule has 0 bridgehead atoms. The molecule has 2 aromatic heterocycles. The second-order valence-corrected chi connectivity index (χ2v) is 6.14. The maximum absolute atomic E-state index is 12.3. The van der Waals surface area contributed by atoms with Crippen LogP contribution >= 0.6 is 0 Å². The van der Waals surface area contributed by atoms with Crippen molar-refractivity contribution in [3.8, 4) is 0 Å². The van der Waals surface area contributed by atoms with Crippen LogP contribution < -0.4 is 10.6 Å². The summed E-state index contributed by atoms with van der Waals surface area (Å²) in [6.07, 6.45) is 12.4. The van der Waals surface area contributed by atoms with Gasteiger partial charge in [-0.1, -0.05) is 31.7 Å². The zero-order valence-electron chi connectivity index (χ0n) is 13.7. The largest absolute Gasteiger partial charge is 0.351 e. The van der Waals surface area contributed by atoms with Crippen molar-refractivity contribution in [1.29, 1.82) is 0 Å². The van der Waals surface area contributed by atoms with Crippen LogP contribution in [0.4, 0.5) is 5.95 Å². The Bertz CT molecular complexity index is 653. The molecule has 0 radical (unpaired) electrons. The van der Waals surface area contributed by atoms with Gasteiger partial charge in [0, 0.05) is 31.2 Å². The Labute approximate surface area is 142 Å². The van der Waals surface area contributed by atoms with Gasteiger partial charge < -0.3 is 10.6 Å². The highest BCUT2D eigenvalue weighted by Crippen LogP contribution is 2.19. The summed E-state index contributed by atoms with van der Waals surface area (Å²) in [6, 6.07) is 5.81. The van der Waals surface area contributed by atoms with Crippen molar-refractivity contribution < 1.29 is 4.79 Å². The molecule has 1 aliphatic carbocycles. The molecule has 0 aromatic carbocycles. The minimum Gasteiger partial charge on any atom is -0.351 e. The first kappa shape index (κ1) is 16.4. The normalized spacial score (nSPS) is 15.5. The van der Waals surface area contributed by atoms with Crippen LogP contribution in [0.3, 0.4) is 0 Å². The minimum absolute atomic E-state index is 0.204. The van der Waals surface area contributed by atoms with Crippen LogP contribution in [0.1, 0.15) is 54.6 Å². The Morgan fingerprint density at radius 3 is 2.71 bits per heavy atom. The number of aromatic nitrogens is 3. The van der Waals surface area contributed by atoms with E-state index in [-0.39, 0.29) is 5.91 Å². The van der Waals surface area contributed by atoms with Gasteiger partial charge in [0.25, 0.3) is 5.91 Å². The third-order valence-corrected chi connectivity index (χ3v) is 4.25. The van der Waals surface area contributed by atoms with E-state index >= 15 is 0 Å². The van der Waals surface area contributed by atoms with Crippen LogP contribution in [-0.4, -0.2) is 26.9 Å². The molecule has 2 N–H and O–H groups in total. The summed E-state index contributed by atoms with van der Waals surface area (Å²) in [5, 5.41) is 6.24. The van der Waals surface area contributed by atoms with Gasteiger partial charge in [-0.25, -0.2) is 9.97 Å². The zero-order valence-corrected chi connectivity index (χ0v) is 13.7. The molecule has 0 unspecified atom stereocenters. The maximum Gasteiger partial charge on any atom is 0.270 e. The summed E-state index contributed by atoms with van der Waals surface area (Å²) in [5.74, 6) is 0.334. The van der Waals surface area contributed by atoms with E-state index in [1.807, 2.05) is 12.1 Å². The third-order valence-electron chi connectivity index (χ3n) is 4.25. The van der Waals surface area contributed by atoms with Crippen LogP contribution in [0.15, 0.2) is 36.8 Å². The molecular weight excluding hydrogens is 302 g/mol. The lowest BCUT2D eigenvalue weighted by molar-refractivity contribution is 0.0946. The van der Waals surface area contributed by atoms with Gasteiger partial charge in [0.1, 0.15) is 5.69 Å². The molecule has 0 aliphatic heterocycles. The number of hydrogen-bond acceptors (Lipinski definition) is 5. The average Bonchev–Trinajstić information content (AvgIpc) is 2.89. The fourth-order valence-electron chi connectivity index (χ4n) is 2.94. The minimum atomic E-state index is -0.204. The Kier molecular flexibility index (Phi) is 5.71. The summed E-state index contributed by atoms with van der Waals surface area (Å²) >= 11 is 0. The van der Waals surface area contributed by atoms with Gasteiger partial charge in [-0.15, -0.1) is 0 Å². The zero-order chi connectivity index (χ0) is 16.6. The third kappa shape index (κ3) is 4.75. The lowest BCUT2D eigenvalue weighted by atomic mass is 10.1. The highest BCUT2D eigenvalue weighted by atomic mass is 16.1. The predicted octanol–water partition coefficient (Wildman–Crippen LogP) is 2.94. The quantitative estimate of drug-likeness (QED) is 0.826. The Morgan fingerprint density at radius 2 is 1.96 bits per heavy atom. The van der Waals surface area contributed by atoms with E-state index in [1.165, 1.54) is 25.7 Å². The molecule has 0 spiro atoms. The Balaban J connectivity index is 1.58. The molecule has 2 aromatic rings. The SMILES string of the molecule is O=C(NCc1cccnc1)c1ccnc(NC2CCCCCC2)n1.